The summed E-state index contributed by atoms with van der Waals surface area (Å²) in [6.45, 7) is 0. The topological polar surface area (TPSA) is 30.7 Å². The minimum Gasteiger partial charge on any atom is -0.278 e. The molecular formula is C51H31N3. The van der Waals surface area contributed by atoms with E-state index in [0.717, 1.165) is 28.0 Å². The number of hydrogen-bond donors (Lipinski definition) is 0. The molecule has 12 rings (SSSR count). The van der Waals surface area contributed by atoms with E-state index in [9.17, 15) is 0 Å². The van der Waals surface area contributed by atoms with Gasteiger partial charge in [-0.3, -0.25) is 4.57 Å². The molecule has 2 heterocycles. The third-order valence-electron chi connectivity index (χ3n) is 11.8. The summed E-state index contributed by atoms with van der Waals surface area (Å²) in [7, 11) is 0. The molecule has 0 fully saturated rings. The second-order valence-corrected chi connectivity index (χ2v) is 14.5. The summed E-state index contributed by atoms with van der Waals surface area (Å²) < 4.78 is 2.32. The molecule has 2 aliphatic rings. The van der Waals surface area contributed by atoms with Gasteiger partial charge in [0.15, 0.2) is 0 Å². The highest BCUT2D eigenvalue weighted by Crippen LogP contribution is 2.56. The van der Waals surface area contributed by atoms with Crippen LogP contribution < -0.4 is 0 Å². The molecule has 54 heavy (non-hydrogen) atoms. The van der Waals surface area contributed by atoms with E-state index in [4.69, 9.17) is 9.97 Å². The van der Waals surface area contributed by atoms with Crippen molar-refractivity contribution < 1.29 is 0 Å². The van der Waals surface area contributed by atoms with Crippen LogP contribution in [-0.2, 0) is 5.41 Å². The number of rotatable bonds is 4. The van der Waals surface area contributed by atoms with Crippen molar-refractivity contribution >= 4 is 32.6 Å². The van der Waals surface area contributed by atoms with Crippen molar-refractivity contribution in [2.75, 3.05) is 0 Å². The molecule has 250 valence electrons. The average Bonchev–Trinajstić information content (AvgIpc) is 3.71. The minimum atomic E-state index is -0.677. The molecule has 2 aliphatic carbocycles. The fourth-order valence-electron chi connectivity index (χ4n) is 9.69. The van der Waals surface area contributed by atoms with E-state index in [0.29, 0.717) is 5.95 Å². The summed E-state index contributed by atoms with van der Waals surface area (Å²) in [6, 6.07) is 68.2. The van der Waals surface area contributed by atoms with Crippen LogP contribution in [0.5, 0.6) is 0 Å². The smallest absolute Gasteiger partial charge is 0.235 e. The molecule has 0 saturated heterocycles. The van der Waals surface area contributed by atoms with Gasteiger partial charge < -0.3 is 0 Å². The van der Waals surface area contributed by atoms with Gasteiger partial charge in [0.1, 0.15) is 0 Å². The molecular weight excluding hydrogens is 655 g/mol. The molecule has 0 bridgehead atoms. The van der Waals surface area contributed by atoms with Gasteiger partial charge in [-0.05, 0) is 79.0 Å². The summed E-state index contributed by atoms with van der Waals surface area (Å²) >= 11 is 0. The fourth-order valence-corrected chi connectivity index (χ4v) is 9.69. The number of hydrogen-bond acceptors (Lipinski definition) is 2. The second-order valence-electron chi connectivity index (χ2n) is 14.5. The van der Waals surface area contributed by atoms with Gasteiger partial charge >= 0.3 is 0 Å². The third-order valence-corrected chi connectivity index (χ3v) is 11.8. The zero-order valence-corrected chi connectivity index (χ0v) is 29.2. The molecule has 10 aromatic rings. The molecule has 0 N–H and O–H groups in total. The van der Waals surface area contributed by atoms with Crippen molar-refractivity contribution in [2.24, 2.45) is 0 Å². The molecule has 0 aliphatic heterocycles. The maximum Gasteiger partial charge on any atom is 0.235 e. The zero-order valence-electron chi connectivity index (χ0n) is 29.2. The Bertz CT molecular complexity index is 3110. The third kappa shape index (κ3) is 3.80. The van der Waals surface area contributed by atoms with E-state index in [1.807, 2.05) is 0 Å². The number of nitrogens with zero attached hydrogens (tertiary/aromatic N) is 3. The van der Waals surface area contributed by atoms with Crippen molar-refractivity contribution in [1.82, 2.24) is 14.5 Å². The van der Waals surface area contributed by atoms with Crippen LogP contribution in [0.15, 0.2) is 188 Å². The minimum absolute atomic E-state index is 0.659. The van der Waals surface area contributed by atoms with Crippen LogP contribution in [0.2, 0.25) is 0 Å². The summed E-state index contributed by atoms with van der Waals surface area (Å²) in [5, 5.41) is 4.98. The van der Waals surface area contributed by atoms with Crippen LogP contribution in [0, 0.1) is 0 Å². The van der Waals surface area contributed by atoms with Crippen LogP contribution in [0.1, 0.15) is 22.4 Å². The fraction of sp³-hybridized carbons (Fsp3) is 0.0196. The number of fused-ring (bicyclic) bond motifs is 6. The predicted octanol–water partition coefficient (Wildman–Crippen LogP) is 12.4. The Balaban J connectivity index is 1.26. The molecule has 0 amide bonds. The normalized spacial score (nSPS) is 13.3. The van der Waals surface area contributed by atoms with Crippen LogP contribution in [0.3, 0.4) is 0 Å². The first kappa shape index (κ1) is 29.5. The van der Waals surface area contributed by atoms with Gasteiger partial charge in [-0.15, -0.1) is 0 Å². The van der Waals surface area contributed by atoms with E-state index in [1.54, 1.807) is 0 Å². The molecule has 2 aromatic heterocycles. The summed E-state index contributed by atoms with van der Waals surface area (Å²) in [6.07, 6.45) is 0. The highest BCUT2D eigenvalue weighted by molar-refractivity contribution is 6.30. The average molecular weight is 686 g/mol. The second kappa shape index (κ2) is 11.0. The van der Waals surface area contributed by atoms with E-state index in [1.165, 1.54) is 71.6 Å². The van der Waals surface area contributed by atoms with Crippen molar-refractivity contribution in [3.8, 4) is 50.6 Å². The van der Waals surface area contributed by atoms with E-state index >= 15 is 0 Å². The molecule has 3 heteroatoms. The van der Waals surface area contributed by atoms with Gasteiger partial charge in [-0.2, -0.15) is 0 Å². The van der Waals surface area contributed by atoms with Gasteiger partial charge in [0.05, 0.1) is 27.8 Å². The zero-order chi connectivity index (χ0) is 35.4. The molecule has 0 saturated carbocycles. The maximum absolute atomic E-state index is 5.78. The molecule has 0 unspecified atom stereocenters. The van der Waals surface area contributed by atoms with Crippen LogP contribution in [0.25, 0.3) is 83.2 Å². The lowest BCUT2D eigenvalue weighted by atomic mass is 9.69. The Morgan fingerprint density at radius 3 is 1.65 bits per heavy atom. The van der Waals surface area contributed by atoms with Crippen molar-refractivity contribution in [2.45, 2.75) is 5.41 Å². The molecule has 0 spiro atoms. The van der Waals surface area contributed by atoms with E-state index in [-0.39, 0.29) is 0 Å². The van der Waals surface area contributed by atoms with Crippen LogP contribution in [0.4, 0.5) is 0 Å². The number of benzene rings is 8. The Morgan fingerprint density at radius 2 is 0.944 bits per heavy atom. The standard InChI is InChI=1S/C51H31N3/c1-3-15-32(16-4-1)43-31-46(51(34-18-5-2-6-19-34)41-26-11-9-22-37(41)38-23-10-12-27-42(38)51)53-50(52-43)54-44-28-14-25-40-36-21-8-7-20-35(36)39-24-13-17-33-29-30-45(54)49(47(33)39)48(40)44/h1-31H. The lowest BCUT2D eigenvalue weighted by Crippen LogP contribution is -2.30. The summed E-state index contributed by atoms with van der Waals surface area (Å²) in [5.74, 6) is 0.659. The van der Waals surface area contributed by atoms with Crippen molar-refractivity contribution in [3.05, 3.63) is 210 Å². The highest BCUT2D eigenvalue weighted by Gasteiger charge is 2.47. The Morgan fingerprint density at radius 1 is 0.389 bits per heavy atom. The van der Waals surface area contributed by atoms with Gasteiger partial charge in [0, 0.05) is 16.3 Å². The highest BCUT2D eigenvalue weighted by atomic mass is 15.2. The molecule has 3 nitrogen and oxygen atoms in total. The SMILES string of the molecule is c1ccc(-c2cc(C3(c4ccccc4)c4ccccc4-c4ccccc43)nc(-n3c4cccc5c4c4c6c(cccc6ccc43)-c3ccccc3-5)n2)cc1. The van der Waals surface area contributed by atoms with Gasteiger partial charge in [0.2, 0.25) is 5.95 Å². The van der Waals surface area contributed by atoms with Gasteiger partial charge in [-0.25, -0.2) is 9.97 Å². The predicted molar refractivity (Wildman–Crippen MR) is 221 cm³/mol. The quantitative estimate of drug-likeness (QED) is 0.185. The lowest BCUT2D eigenvalue weighted by Gasteiger charge is -2.33. The van der Waals surface area contributed by atoms with E-state index < -0.39 is 5.41 Å². The summed E-state index contributed by atoms with van der Waals surface area (Å²) in [5.41, 5.74) is 15.5. The monoisotopic (exact) mass is 685 g/mol. The first-order valence-corrected chi connectivity index (χ1v) is 18.6. The van der Waals surface area contributed by atoms with Crippen molar-refractivity contribution in [1.29, 1.82) is 0 Å². The van der Waals surface area contributed by atoms with Gasteiger partial charge in [0.25, 0.3) is 0 Å². The van der Waals surface area contributed by atoms with Crippen LogP contribution >= 0.6 is 0 Å². The maximum atomic E-state index is 5.78. The molecule has 8 aromatic carbocycles. The number of aromatic nitrogens is 3. The van der Waals surface area contributed by atoms with Gasteiger partial charge in [-0.1, -0.05) is 170 Å². The Labute approximate surface area is 312 Å². The summed E-state index contributed by atoms with van der Waals surface area (Å²) in [4.78, 5) is 11.3. The van der Waals surface area contributed by atoms with Crippen LogP contribution in [-0.4, -0.2) is 14.5 Å². The first-order chi connectivity index (χ1) is 26.8. The molecule has 0 atom stereocenters. The Hall–Kier alpha value is -7.10. The lowest BCUT2D eigenvalue weighted by molar-refractivity contribution is 0.724. The largest absolute Gasteiger partial charge is 0.278 e. The first-order valence-electron chi connectivity index (χ1n) is 18.6. The van der Waals surface area contributed by atoms with E-state index in [2.05, 4.69) is 193 Å². The Kier molecular flexibility index (Phi) is 5.98. The van der Waals surface area contributed by atoms with Crippen molar-refractivity contribution in [3.63, 3.8) is 0 Å². The molecule has 0 radical (unpaired) electrons.